The zero-order valence-corrected chi connectivity index (χ0v) is 12.0. The smallest absolute Gasteiger partial charge is 0.239 e. The fourth-order valence-corrected chi connectivity index (χ4v) is 2.79. The van der Waals surface area contributed by atoms with Gasteiger partial charge >= 0.3 is 0 Å². The molecule has 1 rings (SSSR count). The topological polar surface area (TPSA) is 46.3 Å². The molecule has 1 aliphatic carbocycles. The van der Waals surface area contributed by atoms with Crippen LogP contribution in [0.1, 0.15) is 52.4 Å². The summed E-state index contributed by atoms with van der Waals surface area (Å²) in [5, 5.41) is 0. The minimum Gasteiger partial charge on any atom is -0.338 e. The van der Waals surface area contributed by atoms with Crippen molar-refractivity contribution in [2.24, 2.45) is 11.7 Å². The molecule has 0 spiro atoms. The van der Waals surface area contributed by atoms with Gasteiger partial charge < -0.3 is 10.6 Å². The molecule has 0 radical (unpaired) electrons. The highest BCUT2D eigenvalue weighted by atomic mass is 16.2. The number of rotatable bonds is 6. The maximum Gasteiger partial charge on any atom is 0.239 e. The van der Waals surface area contributed by atoms with Gasteiger partial charge in [-0.2, -0.15) is 0 Å². The van der Waals surface area contributed by atoms with Crippen molar-refractivity contribution in [1.82, 2.24) is 4.90 Å². The standard InChI is InChI=1S/C15H28N2O/c1-4-17(11-12(2)3)15(18)14(16)10-13-8-6-5-7-9-13/h13-14H,2,4-11,16H2,1,3H3. The van der Waals surface area contributed by atoms with E-state index in [-0.39, 0.29) is 11.9 Å². The van der Waals surface area contributed by atoms with Crippen molar-refractivity contribution in [3.05, 3.63) is 12.2 Å². The van der Waals surface area contributed by atoms with Crippen LogP contribution in [0.3, 0.4) is 0 Å². The number of hydrogen-bond acceptors (Lipinski definition) is 2. The number of carbonyl (C=O) groups is 1. The lowest BCUT2D eigenvalue weighted by Gasteiger charge is -2.28. The number of nitrogens with zero attached hydrogens (tertiary/aromatic N) is 1. The summed E-state index contributed by atoms with van der Waals surface area (Å²) in [7, 11) is 0. The van der Waals surface area contributed by atoms with Crippen LogP contribution in [0, 0.1) is 5.92 Å². The Balaban J connectivity index is 2.45. The van der Waals surface area contributed by atoms with Crippen molar-refractivity contribution in [2.45, 2.75) is 58.4 Å². The van der Waals surface area contributed by atoms with Gasteiger partial charge in [-0.15, -0.1) is 0 Å². The second kappa shape index (κ2) is 7.57. The van der Waals surface area contributed by atoms with Crippen molar-refractivity contribution in [1.29, 1.82) is 0 Å². The van der Waals surface area contributed by atoms with Crippen LogP contribution >= 0.6 is 0 Å². The summed E-state index contributed by atoms with van der Waals surface area (Å²) in [6, 6.07) is -0.326. The van der Waals surface area contributed by atoms with E-state index in [2.05, 4.69) is 6.58 Å². The highest BCUT2D eigenvalue weighted by molar-refractivity contribution is 5.81. The number of amides is 1. The maximum atomic E-state index is 12.2. The molecule has 1 aliphatic rings. The van der Waals surface area contributed by atoms with Gasteiger partial charge in [0, 0.05) is 13.1 Å². The van der Waals surface area contributed by atoms with Crippen LogP contribution in [0.4, 0.5) is 0 Å². The molecule has 1 saturated carbocycles. The third kappa shape index (κ3) is 4.81. The number of hydrogen-bond donors (Lipinski definition) is 1. The van der Waals surface area contributed by atoms with Crippen LogP contribution in [-0.4, -0.2) is 29.9 Å². The van der Waals surface area contributed by atoms with Gasteiger partial charge in [-0.05, 0) is 26.2 Å². The van der Waals surface area contributed by atoms with Gasteiger partial charge in [0.1, 0.15) is 0 Å². The highest BCUT2D eigenvalue weighted by Gasteiger charge is 2.24. The molecule has 0 aromatic heterocycles. The molecule has 2 N–H and O–H groups in total. The first-order valence-electron chi connectivity index (χ1n) is 7.23. The van der Waals surface area contributed by atoms with Crippen LogP contribution in [-0.2, 0) is 4.79 Å². The lowest BCUT2D eigenvalue weighted by Crippen LogP contribution is -2.45. The van der Waals surface area contributed by atoms with Crippen molar-refractivity contribution >= 4 is 5.91 Å². The predicted octanol–water partition coefficient (Wildman–Crippen LogP) is 2.71. The Morgan fingerprint density at radius 3 is 2.50 bits per heavy atom. The van der Waals surface area contributed by atoms with Crippen molar-refractivity contribution in [3.8, 4) is 0 Å². The molecular weight excluding hydrogens is 224 g/mol. The van der Waals surface area contributed by atoms with E-state index in [0.717, 1.165) is 12.0 Å². The highest BCUT2D eigenvalue weighted by Crippen LogP contribution is 2.27. The Kier molecular flexibility index (Phi) is 6.41. The second-order valence-corrected chi connectivity index (χ2v) is 5.66. The Hall–Kier alpha value is -0.830. The van der Waals surface area contributed by atoms with E-state index in [4.69, 9.17) is 5.73 Å². The number of carbonyl (C=O) groups excluding carboxylic acids is 1. The molecule has 0 heterocycles. The van der Waals surface area contributed by atoms with Crippen molar-refractivity contribution in [2.75, 3.05) is 13.1 Å². The Morgan fingerprint density at radius 1 is 1.39 bits per heavy atom. The van der Waals surface area contributed by atoms with E-state index < -0.39 is 0 Å². The fraction of sp³-hybridized carbons (Fsp3) is 0.800. The first-order valence-corrected chi connectivity index (χ1v) is 7.23. The first kappa shape index (κ1) is 15.2. The molecule has 3 nitrogen and oxygen atoms in total. The first-order chi connectivity index (χ1) is 8.54. The third-order valence-electron chi connectivity index (χ3n) is 3.78. The molecule has 0 aromatic rings. The zero-order chi connectivity index (χ0) is 13.5. The number of likely N-dealkylation sites (N-methyl/N-ethyl adjacent to an activating group) is 1. The van der Waals surface area contributed by atoms with Gasteiger partial charge in [-0.25, -0.2) is 0 Å². The Bertz CT molecular complexity index is 282. The molecule has 18 heavy (non-hydrogen) atoms. The van der Waals surface area contributed by atoms with Gasteiger partial charge in [-0.3, -0.25) is 4.79 Å². The monoisotopic (exact) mass is 252 g/mol. The molecule has 3 heteroatoms. The molecule has 1 unspecified atom stereocenters. The van der Waals surface area contributed by atoms with E-state index in [1.165, 1.54) is 32.1 Å². The molecule has 0 bridgehead atoms. The lowest BCUT2D eigenvalue weighted by molar-refractivity contribution is -0.132. The molecular formula is C15H28N2O. The summed E-state index contributed by atoms with van der Waals surface area (Å²) >= 11 is 0. The van der Waals surface area contributed by atoms with Gasteiger partial charge in [0.05, 0.1) is 6.04 Å². The van der Waals surface area contributed by atoms with Gasteiger partial charge in [0.2, 0.25) is 5.91 Å². The SMILES string of the molecule is C=C(C)CN(CC)C(=O)C(N)CC1CCCCC1. The van der Waals surface area contributed by atoms with Crippen LogP contribution < -0.4 is 5.73 Å². The average molecular weight is 252 g/mol. The third-order valence-corrected chi connectivity index (χ3v) is 3.78. The quantitative estimate of drug-likeness (QED) is 0.739. The molecule has 1 fully saturated rings. The van der Waals surface area contributed by atoms with Gasteiger partial charge in [-0.1, -0.05) is 44.3 Å². The fourth-order valence-electron chi connectivity index (χ4n) is 2.79. The van der Waals surface area contributed by atoms with E-state index in [9.17, 15) is 4.79 Å². The van der Waals surface area contributed by atoms with Crippen LogP contribution in [0.25, 0.3) is 0 Å². The molecule has 1 amide bonds. The lowest BCUT2D eigenvalue weighted by atomic mass is 9.85. The summed E-state index contributed by atoms with van der Waals surface area (Å²) < 4.78 is 0. The predicted molar refractivity (Wildman–Crippen MR) is 76.2 cm³/mol. The minimum atomic E-state index is -0.326. The van der Waals surface area contributed by atoms with Crippen LogP contribution in [0.2, 0.25) is 0 Å². The molecule has 0 saturated heterocycles. The number of nitrogens with two attached hydrogens (primary N) is 1. The normalized spacial score (nSPS) is 18.4. The van der Waals surface area contributed by atoms with E-state index in [0.29, 0.717) is 19.0 Å². The summed E-state index contributed by atoms with van der Waals surface area (Å²) in [6.45, 7) is 9.15. The largest absolute Gasteiger partial charge is 0.338 e. The van der Waals surface area contributed by atoms with E-state index >= 15 is 0 Å². The van der Waals surface area contributed by atoms with E-state index in [1.54, 1.807) is 0 Å². The van der Waals surface area contributed by atoms with Crippen molar-refractivity contribution in [3.63, 3.8) is 0 Å². The molecule has 0 aliphatic heterocycles. The summed E-state index contributed by atoms with van der Waals surface area (Å²) in [6.07, 6.45) is 7.28. The second-order valence-electron chi connectivity index (χ2n) is 5.66. The van der Waals surface area contributed by atoms with Crippen LogP contribution in [0.5, 0.6) is 0 Å². The van der Waals surface area contributed by atoms with Crippen LogP contribution in [0.15, 0.2) is 12.2 Å². The average Bonchev–Trinajstić information content (AvgIpc) is 2.36. The maximum absolute atomic E-state index is 12.2. The molecule has 104 valence electrons. The zero-order valence-electron chi connectivity index (χ0n) is 12.0. The summed E-state index contributed by atoms with van der Waals surface area (Å²) in [4.78, 5) is 14.1. The summed E-state index contributed by atoms with van der Waals surface area (Å²) in [5.41, 5.74) is 7.09. The van der Waals surface area contributed by atoms with Gasteiger partial charge in [0.15, 0.2) is 0 Å². The minimum absolute atomic E-state index is 0.0890. The van der Waals surface area contributed by atoms with Crippen molar-refractivity contribution < 1.29 is 4.79 Å². The molecule has 1 atom stereocenters. The Morgan fingerprint density at radius 2 is 2.00 bits per heavy atom. The molecule has 0 aromatic carbocycles. The summed E-state index contributed by atoms with van der Waals surface area (Å²) in [5.74, 6) is 0.743. The van der Waals surface area contributed by atoms with E-state index in [1.807, 2.05) is 18.7 Å². The van der Waals surface area contributed by atoms with Gasteiger partial charge in [0.25, 0.3) is 0 Å². The Labute approximate surface area is 111 Å².